The number of nitrogens with one attached hydrogen (secondary N) is 1. The lowest BCUT2D eigenvalue weighted by Gasteiger charge is -2.15. The molecule has 0 fully saturated rings. The molecule has 0 spiro atoms. The van der Waals surface area contributed by atoms with Gasteiger partial charge in [-0.2, -0.15) is 5.26 Å². The van der Waals surface area contributed by atoms with Crippen molar-refractivity contribution in [1.82, 2.24) is 0 Å². The van der Waals surface area contributed by atoms with Gasteiger partial charge in [-0.05, 0) is 37.3 Å². The SMILES string of the molecule is COc1ccc(NC(=O)c2cccc(C#N)c2)c(OC)c1C. The Morgan fingerprint density at radius 1 is 1.18 bits per heavy atom. The van der Waals surface area contributed by atoms with Crippen LogP contribution >= 0.6 is 0 Å². The minimum Gasteiger partial charge on any atom is -0.496 e. The van der Waals surface area contributed by atoms with E-state index in [9.17, 15) is 4.79 Å². The van der Waals surface area contributed by atoms with Crippen molar-refractivity contribution in [1.29, 1.82) is 5.26 Å². The molecule has 22 heavy (non-hydrogen) atoms. The number of anilines is 1. The summed E-state index contributed by atoms with van der Waals surface area (Å²) in [5.74, 6) is 0.922. The summed E-state index contributed by atoms with van der Waals surface area (Å²) in [7, 11) is 3.11. The molecule has 0 aliphatic rings. The van der Waals surface area contributed by atoms with Gasteiger partial charge in [0.15, 0.2) is 0 Å². The number of carbonyl (C=O) groups is 1. The first-order chi connectivity index (χ1) is 10.6. The van der Waals surface area contributed by atoms with Gasteiger partial charge in [-0.1, -0.05) is 6.07 Å². The van der Waals surface area contributed by atoms with Gasteiger partial charge in [-0.3, -0.25) is 4.79 Å². The van der Waals surface area contributed by atoms with Gasteiger partial charge in [-0.25, -0.2) is 0 Å². The monoisotopic (exact) mass is 296 g/mol. The molecule has 2 aromatic carbocycles. The predicted molar refractivity (Wildman–Crippen MR) is 83.4 cm³/mol. The second kappa shape index (κ2) is 6.64. The lowest BCUT2D eigenvalue weighted by Crippen LogP contribution is -2.13. The van der Waals surface area contributed by atoms with E-state index in [1.165, 1.54) is 13.2 Å². The summed E-state index contributed by atoms with van der Waals surface area (Å²) < 4.78 is 10.6. The molecular weight excluding hydrogens is 280 g/mol. The molecule has 2 rings (SSSR count). The van der Waals surface area contributed by atoms with E-state index in [0.717, 1.165) is 5.56 Å². The van der Waals surface area contributed by atoms with Gasteiger partial charge >= 0.3 is 0 Å². The first-order valence-corrected chi connectivity index (χ1v) is 6.63. The van der Waals surface area contributed by atoms with Crippen LogP contribution in [0.3, 0.4) is 0 Å². The van der Waals surface area contributed by atoms with Crippen molar-refractivity contribution in [3.05, 3.63) is 53.1 Å². The summed E-state index contributed by atoms with van der Waals surface area (Å²) in [6.45, 7) is 1.85. The average molecular weight is 296 g/mol. The van der Waals surface area contributed by atoms with Crippen molar-refractivity contribution in [2.45, 2.75) is 6.92 Å². The smallest absolute Gasteiger partial charge is 0.255 e. The normalized spacial score (nSPS) is 9.73. The molecule has 0 saturated carbocycles. The summed E-state index contributed by atoms with van der Waals surface area (Å²) in [4.78, 5) is 12.3. The zero-order valence-electron chi connectivity index (χ0n) is 12.6. The number of nitriles is 1. The summed E-state index contributed by atoms with van der Waals surface area (Å²) in [6.07, 6.45) is 0. The van der Waals surface area contributed by atoms with Gasteiger partial charge in [0.25, 0.3) is 5.91 Å². The molecule has 1 N–H and O–H groups in total. The van der Waals surface area contributed by atoms with Crippen molar-refractivity contribution in [2.24, 2.45) is 0 Å². The Balaban J connectivity index is 2.32. The molecule has 0 unspecified atom stereocenters. The van der Waals surface area contributed by atoms with Crippen LogP contribution in [-0.4, -0.2) is 20.1 Å². The molecule has 0 heterocycles. The Hall–Kier alpha value is -3.00. The molecule has 0 radical (unpaired) electrons. The van der Waals surface area contributed by atoms with Crippen molar-refractivity contribution in [2.75, 3.05) is 19.5 Å². The molecule has 0 atom stereocenters. The first kappa shape index (κ1) is 15.4. The molecule has 0 bridgehead atoms. The molecule has 0 aliphatic heterocycles. The van der Waals surface area contributed by atoms with E-state index in [-0.39, 0.29) is 5.91 Å². The lowest BCUT2D eigenvalue weighted by atomic mass is 10.1. The van der Waals surface area contributed by atoms with Gasteiger partial charge in [0.2, 0.25) is 0 Å². The highest BCUT2D eigenvalue weighted by molar-refractivity contribution is 6.05. The third kappa shape index (κ3) is 3.01. The number of hydrogen-bond acceptors (Lipinski definition) is 4. The highest BCUT2D eigenvalue weighted by atomic mass is 16.5. The largest absolute Gasteiger partial charge is 0.496 e. The molecule has 112 valence electrons. The maximum absolute atomic E-state index is 12.3. The first-order valence-electron chi connectivity index (χ1n) is 6.63. The number of rotatable bonds is 4. The van der Waals surface area contributed by atoms with Crippen LogP contribution in [0, 0.1) is 18.3 Å². The van der Waals surface area contributed by atoms with Crippen molar-refractivity contribution in [3.63, 3.8) is 0 Å². The topological polar surface area (TPSA) is 71.3 Å². The average Bonchev–Trinajstić information content (AvgIpc) is 2.55. The van der Waals surface area contributed by atoms with Gasteiger partial charge in [0.1, 0.15) is 11.5 Å². The lowest BCUT2D eigenvalue weighted by molar-refractivity contribution is 0.102. The summed E-state index contributed by atoms with van der Waals surface area (Å²) >= 11 is 0. The number of nitrogens with zero attached hydrogens (tertiary/aromatic N) is 1. The summed E-state index contributed by atoms with van der Waals surface area (Å²) in [5, 5.41) is 11.7. The Kier molecular flexibility index (Phi) is 4.64. The third-order valence-electron chi connectivity index (χ3n) is 3.28. The minimum absolute atomic E-state index is 0.306. The summed E-state index contributed by atoms with van der Waals surface area (Å²) in [5.41, 5.74) is 2.20. The maximum atomic E-state index is 12.3. The van der Waals surface area contributed by atoms with Crippen LogP contribution in [0.2, 0.25) is 0 Å². The molecule has 5 heteroatoms. The second-order valence-corrected chi connectivity index (χ2v) is 4.62. The Morgan fingerprint density at radius 3 is 2.59 bits per heavy atom. The van der Waals surface area contributed by atoms with E-state index < -0.39 is 0 Å². The van der Waals surface area contributed by atoms with Crippen LogP contribution in [0.25, 0.3) is 0 Å². The highest BCUT2D eigenvalue weighted by Gasteiger charge is 2.14. The number of hydrogen-bond donors (Lipinski definition) is 1. The van der Waals surface area contributed by atoms with E-state index in [1.54, 1.807) is 37.4 Å². The molecule has 1 amide bonds. The van der Waals surface area contributed by atoms with E-state index in [1.807, 2.05) is 13.0 Å². The van der Waals surface area contributed by atoms with Crippen LogP contribution in [-0.2, 0) is 0 Å². The van der Waals surface area contributed by atoms with Crippen LogP contribution in [0.5, 0.6) is 11.5 Å². The van der Waals surface area contributed by atoms with Crippen LogP contribution in [0.4, 0.5) is 5.69 Å². The number of methoxy groups -OCH3 is 2. The predicted octanol–water partition coefficient (Wildman–Crippen LogP) is 3.14. The second-order valence-electron chi connectivity index (χ2n) is 4.62. The molecule has 0 aliphatic carbocycles. The van der Waals surface area contributed by atoms with Gasteiger partial charge in [0, 0.05) is 11.1 Å². The number of carbonyl (C=O) groups excluding carboxylic acids is 1. The highest BCUT2D eigenvalue weighted by Crippen LogP contribution is 2.35. The molecule has 0 saturated heterocycles. The summed E-state index contributed by atoms with van der Waals surface area (Å²) in [6, 6.07) is 12.0. The van der Waals surface area contributed by atoms with Crippen molar-refractivity contribution < 1.29 is 14.3 Å². The van der Waals surface area contributed by atoms with Gasteiger partial charge < -0.3 is 14.8 Å². The molecular formula is C17H16N2O3. The van der Waals surface area contributed by atoms with Crippen molar-refractivity contribution >= 4 is 11.6 Å². The van der Waals surface area contributed by atoms with E-state index >= 15 is 0 Å². The van der Waals surface area contributed by atoms with E-state index in [4.69, 9.17) is 14.7 Å². The number of ether oxygens (including phenoxy) is 2. The van der Waals surface area contributed by atoms with Crippen LogP contribution < -0.4 is 14.8 Å². The number of benzene rings is 2. The van der Waals surface area contributed by atoms with Gasteiger partial charge in [-0.15, -0.1) is 0 Å². The van der Waals surface area contributed by atoms with E-state index in [2.05, 4.69) is 5.32 Å². The van der Waals surface area contributed by atoms with Crippen molar-refractivity contribution in [3.8, 4) is 17.6 Å². The molecule has 0 aromatic heterocycles. The van der Waals surface area contributed by atoms with Gasteiger partial charge in [0.05, 0.1) is 31.5 Å². The standard InChI is InChI=1S/C17H16N2O3/c1-11-15(21-2)8-7-14(16(11)22-3)19-17(20)13-6-4-5-12(9-13)10-18/h4-9H,1-3H3,(H,19,20). The quantitative estimate of drug-likeness (QED) is 0.941. The van der Waals surface area contributed by atoms with Crippen LogP contribution in [0.15, 0.2) is 36.4 Å². The maximum Gasteiger partial charge on any atom is 0.255 e. The zero-order valence-corrected chi connectivity index (χ0v) is 12.6. The van der Waals surface area contributed by atoms with Crippen LogP contribution in [0.1, 0.15) is 21.5 Å². The fourth-order valence-electron chi connectivity index (χ4n) is 2.18. The Bertz CT molecular complexity index is 748. The Morgan fingerprint density at radius 2 is 1.95 bits per heavy atom. The third-order valence-corrected chi connectivity index (χ3v) is 3.28. The molecule has 5 nitrogen and oxygen atoms in total. The fourth-order valence-corrected chi connectivity index (χ4v) is 2.18. The zero-order chi connectivity index (χ0) is 16.1. The number of amides is 1. The Labute approximate surface area is 129 Å². The molecule has 2 aromatic rings. The van der Waals surface area contributed by atoms with E-state index in [0.29, 0.717) is 28.3 Å². The minimum atomic E-state index is -0.306. The fraction of sp³-hybridized carbons (Fsp3) is 0.176.